The summed E-state index contributed by atoms with van der Waals surface area (Å²) in [5.74, 6) is 0. The fourth-order valence-electron chi connectivity index (χ4n) is 2.31. The Labute approximate surface area is 109 Å². The Morgan fingerprint density at radius 1 is 1.06 bits per heavy atom. The van der Waals surface area contributed by atoms with Gasteiger partial charge in [-0.25, -0.2) is 0 Å². The van der Waals surface area contributed by atoms with Crippen LogP contribution in [0.2, 0.25) is 5.02 Å². The molecular formula is C14H21ClN2. The Hall–Kier alpha value is -0.730. The van der Waals surface area contributed by atoms with Gasteiger partial charge in [-0.2, -0.15) is 0 Å². The van der Waals surface area contributed by atoms with E-state index in [1.807, 2.05) is 18.2 Å². The summed E-state index contributed by atoms with van der Waals surface area (Å²) in [6.07, 6.45) is 0. The first kappa shape index (κ1) is 12.7. The summed E-state index contributed by atoms with van der Waals surface area (Å²) in [7, 11) is 0. The zero-order valence-electron chi connectivity index (χ0n) is 10.9. The smallest absolute Gasteiger partial charge is 0.0426 e. The predicted octanol–water partition coefficient (Wildman–Crippen LogP) is 3.26. The molecule has 1 fully saturated rings. The second kappa shape index (κ2) is 4.87. The van der Waals surface area contributed by atoms with E-state index in [0.29, 0.717) is 0 Å². The lowest BCUT2D eigenvalue weighted by molar-refractivity contribution is 0.128. The molecule has 3 heteroatoms. The van der Waals surface area contributed by atoms with Crippen molar-refractivity contribution in [2.75, 3.05) is 31.1 Å². The van der Waals surface area contributed by atoms with E-state index in [-0.39, 0.29) is 5.54 Å². The van der Waals surface area contributed by atoms with Crippen molar-refractivity contribution in [3.05, 3.63) is 29.3 Å². The zero-order valence-corrected chi connectivity index (χ0v) is 11.7. The summed E-state index contributed by atoms with van der Waals surface area (Å²) in [4.78, 5) is 4.95. The lowest BCUT2D eigenvalue weighted by Gasteiger charge is -2.43. The molecule has 0 saturated carbocycles. The fraction of sp³-hybridized carbons (Fsp3) is 0.571. The van der Waals surface area contributed by atoms with E-state index in [2.05, 4.69) is 36.6 Å². The summed E-state index contributed by atoms with van der Waals surface area (Å²) >= 11 is 6.03. The summed E-state index contributed by atoms with van der Waals surface area (Å²) in [5.41, 5.74) is 1.52. The highest BCUT2D eigenvalue weighted by Gasteiger charge is 2.25. The number of hydrogen-bond acceptors (Lipinski definition) is 2. The minimum absolute atomic E-state index is 0.278. The number of nitrogens with zero attached hydrogens (tertiary/aromatic N) is 2. The molecule has 1 aliphatic heterocycles. The summed E-state index contributed by atoms with van der Waals surface area (Å²) < 4.78 is 0. The number of hydrogen-bond donors (Lipinski definition) is 0. The van der Waals surface area contributed by atoms with Crippen LogP contribution in [0.5, 0.6) is 0 Å². The van der Waals surface area contributed by atoms with Crippen molar-refractivity contribution in [2.45, 2.75) is 26.3 Å². The quantitative estimate of drug-likeness (QED) is 0.757. The maximum atomic E-state index is 6.03. The van der Waals surface area contributed by atoms with E-state index >= 15 is 0 Å². The second-order valence-electron chi connectivity index (χ2n) is 5.62. The van der Waals surface area contributed by atoms with Gasteiger partial charge in [0.15, 0.2) is 0 Å². The summed E-state index contributed by atoms with van der Waals surface area (Å²) in [5, 5.41) is 0.820. The average molecular weight is 253 g/mol. The molecule has 94 valence electrons. The van der Waals surface area contributed by atoms with Gasteiger partial charge in [0.25, 0.3) is 0 Å². The number of benzene rings is 1. The van der Waals surface area contributed by atoms with Crippen molar-refractivity contribution < 1.29 is 0 Å². The van der Waals surface area contributed by atoms with Gasteiger partial charge in [0, 0.05) is 42.4 Å². The molecule has 0 aliphatic carbocycles. The Bertz CT molecular complexity index is 376. The lowest BCUT2D eigenvalue weighted by atomic mass is 10.0. The van der Waals surface area contributed by atoms with Crippen LogP contribution in [0.3, 0.4) is 0 Å². The topological polar surface area (TPSA) is 6.48 Å². The summed E-state index contributed by atoms with van der Waals surface area (Å²) in [6, 6.07) is 8.14. The maximum Gasteiger partial charge on any atom is 0.0426 e. The first-order valence-electron chi connectivity index (χ1n) is 6.22. The van der Waals surface area contributed by atoms with Crippen LogP contribution in [-0.2, 0) is 0 Å². The van der Waals surface area contributed by atoms with Crippen LogP contribution in [-0.4, -0.2) is 36.6 Å². The molecule has 0 unspecified atom stereocenters. The van der Waals surface area contributed by atoms with Crippen molar-refractivity contribution >= 4 is 17.3 Å². The van der Waals surface area contributed by atoms with Crippen LogP contribution in [0.25, 0.3) is 0 Å². The van der Waals surface area contributed by atoms with Gasteiger partial charge in [-0.3, -0.25) is 4.90 Å². The van der Waals surface area contributed by atoms with Crippen molar-refractivity contribution in [3.63, 3.8) is 0 Å². The van der Waals surface area contributed by atoms with E-state index < -0.39 is 0 Å². The first-order valence-corrected chi connectivity index (χ1v) is 6.60. The monoisotopic (exact) mass is 252 g/mol. The molecule has 1 aromatic rings. The van der Waals surface area contributed by atoms with E-state index in [4.69, 9.17) is 11.6 Å². The van der Waals surface area contributed by atoms with E-state index in [0.717, 1.165) is 31.2 Å². The number of rotatable bonds is 1. The Kier molecular flexibility index (Phi) is 3.64. The third-order valence-corrected chi connectivity index (χ3v) is 3.64. The zero-order chi connectivity index (χ0) is 12.5. The standard InChI is InChI=1S/C14H21ClN2/c1-14(2,3)17-9-7-16(8-10-17)13-6-4-5-12(15)11-13/h4-6,11H,7-10H2,1-3H3. The van der Waals surface area contributed by atoms with Crippen LogP contribution in [0, 0.1) is 0 Å². The van der Waals surface area contributed by atoms with E-state index in [1.165, 1.54) is 5.69 Å². The van der Waals surface area contributed by atoms with Gasteiger partial charge < -0.3 is 4.90 Å². The second-order valence-corrected chi connectivity index (χ2v) is 6.06. The molecule has 2 rings (SSSR count). The van der Waals surface area contributed by atoms with Crippen LogP contribution < -0.4 is 4.90 Å². The fourth-order valence-corrected chi connectivity index (χ4v) is 2.49. The third kappa shape index (κ3) is 3.14. The van der Waals surface area contributed by atoms with Gasteiger partial charge >= 0.3 is 0 Å². The molecular weight excluding hydrogens is 232 g/mol. The van der Waals surface area contributed by atoms with E-state index in [9.17, 15) is 0 Å². The van der Waals surface area contributed by atoms with Gasteiger partial charge in [-0.05, 0) is 39.0 Å². The van der Waals surface area contributed by atoms with Gasteiger partial charge in [0.2, 0.25) is 0 Å². The molecule has 0 N–H and O–H groups in total. The molecule has 0 atom stereocenters. The average Bonchev–Trinajstić information content (AvgIpc) is 2.28. The number of anilines is 1. The van der Waals surface area contributed by atoms with Gasteiger partial charge in [0.05, 0.1) is 0 Å². The minimum atomic E-state index is 0.278. The highest BCUT2D eigenvalue weighted by Crippen LogP contribution is 2.23. The Morgan fingerprint density at radius 3 is 2.24 bits per heavy atom. The SMILES string of the molecule is CC(C)(C)N1CCN(c2cccc(Cl)c2)CC1. The Balaban J connectivity index is 2.00. The van der Waals surface area contributed by atoms with Gasteiger partial charge in [0.1, 0.15) is 0 Å². The molecule has 0 radical (unpaired) electrons. The molecule has 1 aromatic carbocycles. The third-order valence-electron chi connectivity index (χ3n) is 3.40. The van der Waals surface area contributed by atoms with Crippen LogP contribution in [0.4, 0.5) is 5.69 Å². The molecule has 1 aliphatic rings. The van der Waals surface area contributed by atoms with Gasteiger partial charge in [-0.1, -0.05) is 17.7 Å². The Morgan fingerprint density at radius 2 is 1.71 bits per heavy atom. The maximum absolute atomic E-state index is 6.03. The van der Waals surface area contributed by atoms with E-state index in [1.54, 1.807) is 0 Å². The molecule has 17 heavy (non-hydrogen) atoms. The van der Waals surface area contributed by atoms with Gasteiger partial charge in [-0.15, -0.1) is 0 Å². The molecule has 0 amide bonds. The highest BCUT2D eigenvalue weighted by molar-refractivity contribution is 6.30. The van der Waals surface area contributed by atoms with Crippen LogP contribution in [0.15, 0.2) is 24.3 Å². The van der Waals surface area contributed by atoms with Crippen molar-refractivity contribution in [2.24, 2.45) is 0 Å². The molecule has 0 bridgehead atoms. The van der Waals surface area contributed by atoms with Crippen molar-refractivity contribution in [1.29, 1.82) is 0 Å². The first-order chi connectivity index (χ1) is 7.97. The van der Waals surface area contributed by atoms with Crippen molar-refractivity contribution in [3.8, 4) is 0 Å². The van der Waals surface area contributed by atoms with Crippen LogP contribution in [0.1, 0.15) is 20.8 Å². The lowest BCUT2D eigenvalue weighted by Crippen LogP contribution is -2.53. The largest absolute Gasteiger partial charge is 0.369 e. The molecule has 1 saturated heterocycles. The molecule has 1 heterocycles. The minimum Gasteiger partial charge on any atom is -0.369 e. The normalized spacial score (nSPS) is 18.5. The molecule has 2 nitrogen and oxygen atoms in total. The summed E-state index contributed by atoms with van der Waals surface area (Å²) in [6.45, 7) is 11.2. The highest BCUT2D eigenvalue weighted by atomic mass is 35.5. The number of halogens is 1. The number of piperazine rings is 1. The molecule has 0 aromatic heterocycles. The predicted molar refractivity (Wildman–Crippen MR) is 75.0 cm³/mol. The molecule has 0 spiro atoms. The van der Waals surface area contributed by atoms with Crippen molar-refractivity contribution in [1.82, 2.24) is 4.90 Å². The van der Waals surface area contributed by atoms with Crippen LogP contribution >= 0.6 is 11.6 Å².